The van der Waals surface area contributed by atoms with Crippen molar-refractivity contribution in [1.29, 1.82) is 0 Å². The summed E-state index contributed by atoms with van der Waals surface area (Å²) in [6.45, 7) is 0. The number of esters is 1. The van der Waals surface area contributed by atoms with Crippen LogP contribution in [0.25, 0.3) is 0 Å². The van der Waals surface area contributed by atoms with Gasteiger partial charge in [0.25, 0.3) is 0 Å². The number of anilines is 1. The van der Waals surface area contributed by atoms with Crippen molar-refractivity contribution >= 4 is 34.9 Å². The highest BCUT2D eigenvalue weighted by atomic mass is 32.2. The molecule has 1 heterocycles. The highest BCUT2D eigenvalue weighted by molar-refractivity contribution is 8.00. The van der Waals surface area contributed by atoms with Gasteiger partial charge < -0.3 is 9.46 Å². The van der Waals surface area contributed by atoms with Gasteiger partial charge in [-0.05, 0) is 65.9 Å². The van der Waals surface area contributed by atoms with Crippen LogP contribution in [0.3, 0.4) is 0 Å². The first-order chi connectivity index (χ1) is 11.2. The average Bonchev–Trinajstić information content (AvgIpc) is 3.24. The molecule has 0 atom stereocenters. The third-order valence-electron chi connectivity index (χ3n) is 4.07. The van der Waals surface area contributed by atoms with Crippen LogP contribution in [0.1, 0.15) is 46.8 Å². The summed E-state index contributed by atoms with van der Waals surface area (Å²) in [5, 5.41) is 1.84. The number of thiophene rings is 1. The molecule has 1 aromatic heterocycles. The Morgan fingerprint density at radius 2 is 2.13 bits per heavy atom. The summed E-state index contributed by atoms with van der Waals surface area (Å²) in [6, 6.07) is 6.79. The standard InChI is InChI=1S/C17H18FNO2S2/c1-21-17(20)16-14(8-9-22-16)19-23-15-7-6-12(18)10-13(15)11-4-2-3-5-11/h6-11,19H,2-5H2,1H3. The second kappa shape index (κ2) is 7.36. The SMILES string of the molecule is COC(=O)c1sccc1NSc1ccc(F)cc1C1CCCC1. The van der Waals surface area contributed by atoms with E-state index >= 15 is 0 Å². The second-order valence-corrected chi connectivity index (χ2v) is 7.29. The van der Waals surface area contributed by atoms with E-state index in [1.807, 2.05) is 17.5 Å². The fourth-order valence-electron chi connectivity index (χ4n) is 2.92. The number of ether oxygens (including phenoxy) is 1. The minimum absolute atomic E-state index is 0.193. The number of carbonyl (C=O) groups is 1. The van der Waals surface area contributed by atoms with Crippen LogP contribution in [-0.4, -0.2) is 13.1 Å². The van der Waals surface area contributed by atoms with Crippen molar-refractivity contribution in [3.8, 4) is 0 Å². The highest BCUT2D eigenvalue weighted by Gasteiger charge is 2.21. The minimum Gasteiger partial charge on any atom is -0.465 e. The Balaban J connectivity index is 1.78. The number of hydrogen-bond acceptors (Lipinski definition) is 5. The molecule has 3 nitrogen and oxygen atoms in total. The van der Waals surface area contributed by atoms with E-state index in [-0.39, 0.29) is 11.8 Å². The third kappa shape index (κ3) is 3.70. The molecule has 0 bridgehead atoms. The molecule has 1 N–H and O–H groups in total. The number of nitrogens with one attached hydrogen (secondary N) is 1. The topological polar surface area (TPSA) is 38.3 Å². The van der Waals surface area contributed by atoms with Gasteiger partial charge >= 0.3 is 5.97 Å². The molecular weight excluding hydrogens is 333 g/mol. The molecule has 0 aliphatic heterocycles. The lowest BCUT2D eigenvalue weighted by atomic mass is 9.98. The normalized spacial score (nSPS) is 14.9. The molecule has 0 spiro atoms. The zero-order valence-corrected chi connectivity index (χ0v) is 14.4. The maximum absolute atomic E-state index is 13.6. The van der Waals surface area contributed by atoms with Crippen LogP contribution in [0.2, 0.25) is 0 Å². The number of benzene rings is 1. The zero-order chi connectivity index (χ0) is 16.2. The van der Waals surface area contributed by atoms with Crippen molar-refractivity contribution in [1.82, 2.24) is 0 Å². The van der Waals surface area contributed by atoms with Crippen molar-refractivity contribution in [2.45, 2.75) is 36.5 Å². The van der Waals surface area contributed by atoms with Gasteiger partial charge in [-0.15, -0.1) is 11.3 Å². The van der Waals surface area contributed by atoms with Crippen molar-refractivity contribution in [2.24, 2.45) is 0 Å². The Morgan fingerprint density at radius 3 is 2.87 bits per heavy atom. The lowest BCUT2D eigenvalue weighted by Gasteiger charge is -2.15. The first-order valence-corrected chi connectivity index (χ1v) is 9.26. The van der Waals surface area contributed by atoms with Crippen LogP contribution >= 0.6 is 23.3 Å². The molecule has 3 rings (SSSR count). The molecule has 0 amide bonds. The van der Waals surface area contributed by atoms with E-state index in [1.165, 1.54) is 49.3 Å². The molecule has 1 aliphatic rings. The van der Waals surface area contributed by atoms with Gasteiger partial charge in [0.15, 0.2) is 0 Å². The quantitative estimate of drug-likeness (QED) is 0.574. The first kappa shape index (κ1) is 16.3. The maximum atomic E-state index is 13.6. The first-order valence-electron chi connectivity index (χ1n) is 7.57. The van der Waals surface area contributed by atoms with E-state index < -0.39 is 0 Å². The molecule has 6 heteroatoms. The average molecular weight is 351 g/mol. The molecule has 1 aliphatic carbocycles. The van der Waals surface area contributed by atoms with E-state index in [0.29, 0.717) is 10.8 Å². The molecule has 2 aromatic rings. The Bertz CT molecular complexity index is 696. The molecule has 1 fully saturated rings. The lowest BCUT2D eigenvalue weighted by molar-refractivity contribution is 0.0607. The summed E-state index contributed by atoms with van der Waals surface area (Å²) in [4.78, 5) is 13.3. The van der Waals surface area contributed by atoms with Crippen LogP contribution in [0.15, 0.2) is 34.5 Å². The monoisotopic (exact) mass is 351 g/mol. The van der Waals surface area contributed by atoms with Crippen molar-refractivity contribution in [3.05, 3.63) is 45.9 Å². The number of methoxy groups -OCH3 is 1. The molecule has 0 unspecified atom stereocenters. The van der Waals surface area contributed by atoms with E-state index in [0.717, 1.165) is 29.0 Å². The van der Waals surface area contributed by atoms with Crippen LogP contribution < -0.4 is 4.72 Å². The van der Waals surface area contributed by atoms with E-state index in [2.05, 4.69) is 4.72 Å². The molecule has 1 aromatic carbocycles. The molecule has 23 heavy (non-hydrogen) atoms. The fourth-order valence-corrected chi connectivity index (χ4v) is 4.62. The van der Waals surface area contributed by atoms with E-state index in [1.54, 1.807) is 6.07 Å². The van der Waals surface area contributed by atoms with Gasteiger partial charge in [0, 0.05) is 4.90 Å². The summed E-state index contributed by atoms with van der Waals surface area (Å²) < 4.78 is 21.6. The number of rotatable bonds is 5. The van der Waals surface area contributed by atoms with Gasteiger partial charge in [0.2, 0.25) is 0 Å². The van der Waals surface area contributed by atoms with E-state index in [4.69, 9.17) is 4.74 Å². The fraction of sp³-hybridized carbons (Fsp3) is 0.353. The van der Waals surface area contributed by atoms with Crippen LogP contribution in [0, 0.1) is 5.82 Å². The summed E-state index contributed by atoms with van der Waals surface area (Å²) in [5.74, 6) is -0.113. The van der Waals surface area contributed by atoms with Gasteiger partial charge in [-0.3, -0.25) is 0 Å². The second-order valence-electron chi connectivity index (χ2n) is 5.52. The van der Waals surface area contributed by atoms with Gasteiger partial charge in [-0.2, -0.15) is 0 Å². The van der Waals surface area contributed by atoms with Crippen LogP contribution in [-0.2, 0) is 4.74 Å². The Labute approximate surface area is 143 Å². The Kier molecular flexibility index (Phi) is 5.23. The van der Waals surface area contributed by atoms with Gasteiger partial charge in [-0.1, -0.05) is 12.8 Å². The highest BCUT2D eigenvalue weighted by Crippen LogP contribution is 2.40. The summed E-state index contributed by atoms with van der Waals surface area (Å²) in [6.07, 6.45) is 4.64. The number of hydrogen-bond donors (Lipinski definition) is 1. The predicted molar refractivity (Wildman–Crippen MR) is 92.7 cm³/mol. The Hall–Kier alpha value is -1.53. The summed E-state index contributed by atoms with van der Waals surface area (Å²) >= 11 is 2.76. The van der Waals surface area contributed by atoms with Crippen LogP contribution in [0.4, 0.5) is 10.1 Å². The van der Waals surface area contributed by atoms with Gasteiger partial charge in [-0.25, -0.2) is 9.18 Å². The minimum atomic E-state index is -0.349. The van der Waals surface area contributed by atoms with Gasteiger partial charge in [0.1, 0.15) is 10.7 Å². The lowest BCUT2D eigenvalue weighted by Crippen LogP contribution is -2.02. The van der Waals surface area contributed by atoms with Crippen molar-refractivity contribution in [3.63, 3.8) is 0 Å². The van der Waals surface area contributed by atoms with Crippen LogP contribution in [0.5, 0.6) is 0 Å². The number of carbonyl (C=O) groups excluding carboxylic acids is 1. The maximum Gasteiger partial charge on any atom is 0.350 e. The zero-order valence-electron chi connectivity index (χ0n) is 12.8. The van der Waals surface area contributed by atoms with E-state index in [9.17, 15) is 9.18 Å². The number of halogens is 1. The predicted octanol–water partition coefficient (Wildman–Crippen LogP) is 5.45. The Morgan fingerprint density at radius 1 is 1.35 bits per heavy atom. The smallest absolute Gasteiger partial charge is 0.350 e. The molecule has 0 radical (unpaired) electrons. The molecule has 122 valence electrons. The molecule has 1 saturated carbocycles. The van der Waals surface area contributed by atoms with Crippen molar-refractivity contribution in [2.75, 3.05) is 11.8 Å². The summed E-state index contributed by atoms with van der Waals surface area (Å²) in [7, 11) is 1.37. The third-order valence-corrected chi connectivity index (χ3v) is 5.88. The summed E-state index contributed by atoms with van der Waals surface area (Å²) in [5.41, 5.74) is 1.79. The molecular formula is C17H18FNO2S2. The van der Waals surface area contributed by atoms with Gasteiger partial charge in [0.05, 0.1) is 12.8 Å². The largest absolute Gasteiger partial charge is 0.465 e. The van der Waals surface area contributed by atoms with Crippen molar-refractivity contribution < 1.29 is 13.9 Å². The molecule has 0 saturated heterocycles.